The molecule has 0 saturated carbocycles. The number of morpholine rings is 1. The van der Waals surface area contributed by atoms with Gasteiger partial charge in [0, 0.05) is 6.54 Å². The molecule has 110 valence electrons. The molecule has 3 atom stereocenters. The van der Waals surface area contributed by atoms with Crippen LogP contribution in [0.2, 0.25) is 0 Å². The number of benzene rings is 1. The third-order valence-corrected chi connectivity index (χ3v) is 3.82. The van der Waals surface area contributed by atoms with Gasteiger partial charge >= 0.3 is 0 Å². The molecule has 1 fully saturated rings. The highest BCUT2D eigenvalue weighted by atomic mass is 16.5. The van der Waals surface area contributed by atoms with Gasteiger partial charge in [-0.25, -0.2) is 0 Å². The number of nitrogens with zero attached hydrogens (tertiary/aromatic N) is 1. The van der Waals surface area contributed by atoms with E-state index >= 15 is 0 Å². The second kappa shape index (κ2) is 5.94. The second-order valence-corrected chi connectivity index (χ2v) is 5.86. The minimum Gasteiger partial charge on any atom is -0.385 e. The fourth-order valence-electron chi connectivity index (χ4n) is 2.55. The van der Waals surface area contributed by atoms with Crippen molar-refractivity contribution in [3.63, 3.8) is 0 Å². The minimum atomic E-state index is -1.14. The van der Waals surface area contributed by atoms with Gasteiger partial charge in [-0.15, -0.1) is 0 Å². The summed E-state index contributed by atoms with van der Waals surface area (Å²) in [4.78, 5) is 14.3. The van der Waals surface area contributed by atoms with Gasteiger partial charge in [0.05, 0.1) is 30.8 Å². The molecule has 1 aliphatic heterocycles. The smallest absolute Gasteiger partial charge is 0.226 e. The number of carbonyl (C=O) groups is 1. The van der Waals surface area contributed by atoms with Gasteiger partial charge < -0.3 is 14.7 Å². The van der Waals surface area contributed by atoms with E-state index < -0.39 is 5.60 Å². The standard InChI is InChI=1S/C16H23NO3/c1-12-11-20-13(2)10-17(12)15(18)9-16(3,19)14-7-5-4-6-8-14/h4-8,12-13,19H,9-11H2,1-3H3. The third kappa shape index (κ3) is 3.38. The lowest BCUT2D eigenvalue weighted by Gasteiger charge is -2.38. The lowest BCUT2D eigenvalue weighted by molar-refractivity contribution is -0.148. The number of aliphatic hydroxyl groups is 1. The Morgan fingerprint density at radius 1 is 1.40 bits per heavy atom. The van der Waals surface area contributed by atoms with E-state index in [0.717, 1.165) is 5.56 Å². The first-order valence-electron chi connectivity index (χ1n) is 7.09. The van der Waals surface area contributed by atoms with Crippen LogP contribution in [0, 0.1) is 0 Å². The van der Waals surface area contributed by atoms with Crippen molar-refractivity contribution < 1.29 is 14.6 Å². The van der Waals surface area contributed by atoms with Crippen molar-refractivity contribution in [3.8, 4) is 0 Å². The van der Waals surface area contributed by atoms with Crippen LogP contribution in [0.15, 0.2) is 30.3 Å². The molecule has 1 heterocycles. The molecule has 1 aliphatic rings. The number of carbonyl (C=O) groups excluding carboxylic acids is 1. The molecule has 0 spiro atoms. The van der Waals surface area contributed by atoms with Crippen LogP contribution >= 0.6 is 0 Å². The molecule has 0 radical (unpaired) electrons. The van der Waals surface area contributed by atoms with Gasteiger partial charge in [0.25, 0.3) is 0 Å². The summed E-state index contributed by atoms with van der Waals surface area (Å²) in [5.41, 5.74) is -0.373. The zero-order valence-corrected chi connectivity index (χ0v) is 12.4. The molecule has 1 amide bonds. The van der Waals surface area contributed by atoms with Crippen molar-refractivity contribution in [3.05, 3.63) is 35.9 Å². The van der Waals surface area contributed by atoms with Gasteiger partial charge in [0.15, 0.2) is 0 Å². The molecule has 4 nitrogen and oxygen atoms in total. The largest absolute Gasteiger partial charge is 0.385 e. The van der Waals surface area contributed by atoms with Gasteiger partial charge in [0.1, 0.15) is 0 Å². The summed E-state index contributed by atoms with van der Waals surface area (Å²) >= 11 is 0. The molecule has 3 unspecified atom stereocenters. The molecule has 1 aromatic rings. The van der Waals surface area contributed by atoms with E-state index in [-0.39, 0.29) is 24.5 Å². The number of hydrogen-bond donors (Lipinski definition) is 1. The molecule has 2 rings (SSSR count). The SMILES string of the molecule is CC1CN(C(=O)CC(C)(O)c2ccccc2)C(C)CO1. The average Bonchev–Trinajstić information content (AvgIpc) is 2.42. The fraction of sp³-hybridized carbons (Fsp3) is 0.562. The summed E-state index contributed by atoms with van der Waals surface area (Å²) in [5, 5.41) is 10.6. The third-order valence-electron chi connectivity index (χ3n) is 3.82. The fourth-order valence-corrected chi connectivity index (χ4v) is 2.55. The Morgan fingerprint density at radius 3 is 2.70 bits per heavy atom. The van der Waals surface area contributed by atoms with Crippen molar-refractivity contribution in [1.29, 1.82) is 0 Å². The first-order chi connectivity index (χ1) is 9.40. The predicted octanol–water partition coefficient (Wildman–Crippen LogP) is 1.92. The molecule has 1 N–H and O–H groups in total. The molecule has 4 heteroatoms. The number of rotatable bonds is 3. The Hall–Kier alpha value is -1.39. The normalized spacial score (nSPS) is 26.1. The Bertz CT molecular complexity index is 458. The first kappa shape index (κ1) is 15.0. The van der Waals surface area contributed by atoms with Gasteiger partial charge in [-0.2, -0.15) is 0 Å². The van der Waals surface area contributed by atoms with E-state index in [1.807, 2.05) is 49.1 Å². The van der Waals surface area contributed by atoms with Crippen molar-refractivity contribution in [1.82, 2.24) is 4.90 Å². The number of hydrogen-bond acceptors (Lipinski definition) is 3. The topological polar surface area (TPSA) is 49.8 Å². The highest BCUT2D eigenvalue weighted by Crippen LogP contribution is 2.26. The number of amides is 1. The molecule has 20 heavy (non-hydrogen) atoms. The van der Waals surface area contributed by atoms with E-state index in [1.54, 1.807) is 6.92 Å². The van der Waals surface area contributed by atoms with Crippen LogP contribution in [-0.4, -0.2) is 41.2 Å². The molecular formula is C16H23NO3. The van der Waals surface area contributed by atoms with Gasteiger partial charge in [-0.3, -0.25) is 4.79 Å². The lowest BCUT2D eigenvalue weighted by atomic mass is 9.91. The molecule has 1 aromatic carbocycles. The van der Waals surface area contributed by atoms with Crippen molar-refractivity contribution in [2.45, 2.75) is 44.9 Å². The summed E-state index contributed by atoms with van der Waals surface area (Å²) in [6, 6.07) is 9.39. The van der Waals surface area contributed by atoms with Crippen molar-refractivity contribution in [2.75, 3.05) is 13.2 Å². The van der Waals surface area contributed by atoms with Crippen LogP contribution in [0.25, 0.3) is 0 Å². The highest BCUT2D eigenvalue weighted by molar-refractivity contribution is 5.78. The van der Waals surface area contributed by atoms with Gasteiger partial charge in [-0.1, -0.05) is 30.3 Å². The lowest BCUT2D eigenvalue weighted by Crippen LogP contribution is -2.51. The van der Waals surface area contributed by atoms with Crippen LogP contribution in [0.3, 0.4) is 0 Å². The monoisotopic (exact) mass is 277 g/mol. The first-order valence-corrected chi connectivity index (χ1v) is 7.09. The van der Waals surface area contributed by atoms with E-state index in [1.165, 1.54) is 0 Å². The van der Waals surface area contributed by atoms with E-state index in [0.29, 0.717) is 13.2 Å². The summed E-state index contributed by atoms with van der Waals surface area (Å²) in [6.45, 7) is 6.77. The zero-order valence-electron chi connectivity index (χ0n) is 12.4. The molecular weight excluding hydrogens is 254 g/mol. The Kier molecular flexibility index (Phi) is 4.45. The Balaban J connectivity index is 2.07. The minimum absolute atomic E-state index is 0.0264. The summed E-state index contributed by atoms with van der Waals surface area (Å²) in [5.74, 6) is -0.0264. The molecule has 0 bridgehead atoms. The molecule has 1 saturated heterocycles. The maximum atomic E-state index is 12.5. The summed E-state index contributed by atoms with van der Waals surface area (Å²) in [6.07, 6.45) is 0.144. The second-order valence-electron chi connectivity index (χ2n) is 5.86. The van der Waals surface area contributed by atoms with Crippen LogP contribution in [0.1, 0.15) is 32.8 Å². The van der Waals surface area contributed by atoms with E-state index in [2.05, 4.69) is 0 Å². The maximum Gasteiger partial charge on any atom is 0.226 e. The van der Waals surface area contributed by atoms with Crippen LogP contribution in [0.5, 0.6) is 0 Å². The molecule has 0 aromatic heterocycles. The summed E-state index contributed by atoms with van der Waals surface area (Å²) in [7, 11) is 0. The summed E-state index contributed by atoms with van der Waals surface area (Å²) < 4.78 is 5.53. The van der Waals surface area contributed by atoms with Crippen LogP contribution in [-0.2, 0) is 15.1 Å². The quantitative estimate of drug-likeness (QED) is 0.918. The van der Waals surface area contributed by atoms with Crippen molar-refractivity contribution in [2.24, 2.45) is 0 Å². The predicted molar refractivity (Wildman–Crippen MR) is 77.2 cm³/mol. The van der Waals surface area contributed by atoms with Crippen molar-refractivity contribution >= 4 is 5.91 Å². The highest BCUT2D eigenvalue weighted by Gasteiger charge is 2.33. The van der Waals surface area contributed by atoms with Gasteiger partial charge in [0.2, 0.25) is 5.91 Å². The van der Waals surface area contributed by atoms with Gasteiger partial charge in [-0.05, 0) is 26.3 Å². The molecule has 0 aliphatic carbocycles. The Morgan fingerprint density at radius 2 is 2.05 bits per heavy atom. The maximum absolute atomic E-state index is 12.5. The number of ether oxygens (including phenoxy) is 1. The van der Waals surface area contributed by atoms with Crippen LogP contribution < -0.4 is 0 Å². The van der Waals surface area contributed by atoms with E-state index in [4.69, 9.17) is 4.74 Å². The van der Waals surface area contributed by atoms with Crippen LogP contribution in [0.4, 0.5) is 0 Å². The Labute approximate surface area is 120 Å². The van der Waals surface area contributed by atoms with E-state index in [9.17, 15) is 9.90 Å². The average molecular weight is 277 g/mol. The zero-order chi connectivity index (χ0) is 14.8.